The molecule has 1 saturated heterocycles. The second-order valence-corrected chi connectivity index (χ2v) is 7.87. The molecule has 4 rings (SSSR count). The number of aryl methyl sites for hydroxylation is 2. The van der Waals surface area contributed by atoms with E-state index in [2.05, 4.69) is 46.1 Å². The topological polar surface area (TPSA) is 45.4 Å². The number of fused-ring (bicyclic) bond motifs is 1. The molecular weight excluding hydrogens is 332 g/mol. The maximum absolute atomic E-state index is 5.29. The fraction of sp³-hybridized carbons (Fsp3) is 0.474. The summed E-state index contributed by atoms with van der Waals surface area (Å²) in [4.78, 5) is 9.87. The highest BCUT2D eigenvalue weighted by molar-refractivity contribution is 7.18. The van der Waals surface area contributed by atoms with Crippen molar-refractivity contribution in [2.45, 2.75) is 33.4 Å². The SMILES string of the molecule is Cc1noc(C)c1CN1CCN([C@H](C)c2nc3ccccc3s2)CC1. The Kier molecular flexibility index (Phi) is 4.58. The zero-order valence-corrected chi connectivity index (χ0v) is 15.8. The summed E-state index contributed by atoms with van der Waals surface area (Å²) >= 11 is 1.82. The molecule has 25 heavy (non-hydrogen) atoms. The molecule has 0 amide bonds. The van der Waals surface area contributed by atoms with Crippen LogP contribution in [-0.4, -0.2) is 46.1 Å². The number of hydrogen-bond acceptors (Lipinski definition) is 6. The Morgan fingerprint density at radius 3 is 2.60 bits per heavy atom. The van der Waals surface area contributed by atoms with Crippen molar-refractivity contribution in [3.8, 4) is 0 Å². The van der Waals surface area contributed by atoms with Crippen molar-refractivity contribution >= 4 is 21.6 Å². The predicted octanol–water partition coefficient (Wildman–Crippen LogP) is 3.78. The summed E-state index contributed by atoms with van der Waals surface area (Å²) in [5, 5.41) is 5.29. The van der Waals surface area contributed by atoms with Gasteiger partial charge in [0.1, 0.15) is 10.8 Å². The largest absolute Gasteiger partial charge is 0.361 e. The Bertz CT molecular complexity index is 811. The minimum absolute atomic E-state index is 0.374. The smallest absolute Gasteiger partial charge is 0.138 e. The first kappa shape index (κ1) is 16.7. The van der Waals surface area contributed by atoms with E-state index in [0.717, 1.165) is 49.7 Å². The fourth-order valence-electron chi connectivity index (χ4n) is 3.48. The first-order valence-electron chi connectivity index (χ1n) is 8.85. The van der Waals surface area contributed by atoms with Gasteiger partial charge in [0.2, 0.25) is 0 Å². The average Bonchev–Trinajstić information content (AvgIpc) is 3.20. The van der Waals surface area contributed by atoms with Gasteiger partial charge in [-0.25, -0.2) is 4.98 Å². The van der Waals surface area contributed by atoms with Gasteiger partial charge < -0.3 is 4.52 Å². The summed E-state index contributed by atoms with van der Waals surface area (Å²) in [5.41, 5.74) is 3.38. The van der Waals surface area contributed by atoms with Crippen LogP contribution < -0.4 is 0 Å². The van der Waals surface area contributed by atoms with Gasteiger partial charge in [-0.15, -0.1) is 11.3 Å². The zero-order chi connectivity index (χ0) is 17.4. The fourth-order valence-corrected chi connectivity index (χ4v) is 4.54. The number of rotatable bonds is 4. The maximum Gasteiger partial charge on any atom is 0.138 e. The molecule has 2 aromatic heterocycles. The van der Waals surface area contributed by atoms with Gasteiger partial charge in [0.15, 0.2) is 0 Å². The van der Waals surface area contributed by atoms with Crippen LogP contribution in [0.1, 0.15) is 35.0 Å². The van der Waals surface area contributed by atoms with Gasteiger partial charge in [-0.2, -0.15) is 0 Å². The van der Waals surface area contributed by atoms with E-state index in [0.29, 0.717) is 6.04 Å². The normalized spacial score (nSPS) is 18.0. The lowest BCUT2D eigenvalue weighted by molar-refractivity contribution is 0.0974. The molecule has 6 heteroatoms. The van der Waals surface area contributed by atoms with Crippen LogP contribution in [0, 0.1) is 13.8 Å². The van der Waals surface area contributed by atoms with Crippen LogP contribution in [0.3, 0.4) is 0 Å². The molecule has 1 aliphatic rings. The van der Waals surface area contributed by atoms with Crippen LogP contribution in [0.4, 0.5) is 0 Å². The van der Waals surface area contributed by atoms with E-state index in [4.69, 9.17) is 9.51 Å². The number of piperazine rings is 1. The third-order valence-electron chi connectivity index (χ3n) is 5.19. The second kappa shape index (κ2) is 6.86. The molecule has 0 spiro atoms. The Morgan fingerprint density at radius 1 is 1.16 bits per heavy atom. The maximum atomic E-state index is 5.29. The Labute approximate surface area is 152 Å². The molecule has 3 aromatic rings. The summed E-state index contributed by atoms with van der Waals surface area (Å²) < 4.78 is 6.57. The molecule has 0 N–H and O–H groups in total. The first-order chi connectivity index (χ1) is 12.1. The quantitative estimate of drug-likeness (QED) is 0.712. The molecule has 0 bridgehead atoms. The van der Waals surface area contributed by atoms with Crippen molar-refractivity contribution < 1.29 is 4.52 Å². The van der Waals surface area contributed by atoms with E-state index in [1.165, 1.54) is 15.3 Å². The van der Waals surface area contributed by atoms with Crippen LogP contribution in [0.25, 0.3) is 10.2 Å². The van der Waals surface area contributed by atoms with Gasteiger partial charge in [-0.3, -0.25) is 9.80 Å². The lowest BCUT2D eigenvalue weighted by Crippen LogP contribution is -2.46. The van der Waals surface area contributed by atoms with Crippen molar-refractivity contribution in [3.63, 3.8) is 0 Å². The van der Waals surface area contributed by atoms with E-state index in [9.17, 15) is 0 Å². The van der Waals surface area contributed by atoms with Crippen molar-refractivity contribution in [1.29, 1.82) is 0 Å². The van der Waals surface area contributed by atoms with Crippen molar-refractivity contribution in [2.75, 3.05) is 26.2 Å². The highest BCUT2D eigenvalue weighted by Gasteiger charge is 2.25. The van der Waals surface area contributed by atoms with Gasteiger partial charge in [0.25, 0.3) is 0 Å². The highest BCUT2D eigenvalue weighted by Crippen LogP contribution is 2.30. The van der Waals surface area contributed by atoms with E-state index < -0.39 is 0 Å². The Hall–Kier alpha value is -1.76. The zero-order valence-electron chi connectivity index (χ0n) is 15.0. The summed E-state index contributed by atoms with van der Waals surface area (Å²) in [5.74, 6) is 0.947. The molecule has 0 aliphatic carbocycles. The van der Waals surface area contributed by atoms with Gasteiger partial charge in [0.05, 0.1) is 22.0 Å². The lowest BCUT2D eigenvalue weighted by Gasteiger charge is -2.37. The molecule has 1 aliphatic heterocycles. The summed E-state index contributed by atoms with van der Waals surface area (Å²) in [6.07, 6.45) is 0. The molecule has 0 unspecified atom stereocenters. The van der Waals surface area contributed by atoms with Crippen LogP contribution in [0.15, 0.2) is 28.8 Å². The predicted molar refractivity (Wildman–Crippen MR) is 101 cm³/mol. The first-order valence-corrected chi connectivity index (χ1v) is 9.67. The van der Waals surface area contributed by atoms with Crippen molar-refractivity contribution in [1.82, 2.24) is 19.9 Å². The third kappa shape index (κ3) is 3.34. The van der Waals surface area contributed by atoms with Crippen molar-refractivity contribution in [3.05, 3.63) is 46.3 Å². The number of thiazole rings is 1. The number of aromatic nitrogens is 2. The summed E-state index contributed by atoms with van der Waals surface area (Å²) in [6, 6.07) is 8.78. The van der Waals surface area contributed by atoms with Crippen LogP contribution in [0.2, 0.25) is 0 Å². The number of para-hydroxylation sites is 1. The molecule has 3 heterocycles. The summed E-state index contributed by atoms with van der Waals surface area (Å²) in [6.45, 7) is 11.5. The summed E-state index contributed by atoms with van der Waals surface area (Å²) in [7, 11) is 0. The lowest BCUT2D eigenvalue weighted by atomic mass is 10.1. The van der Waals surface area contributed by atoms with E-state index in [-0.39, 0.29) is 0 Å². The molecule has 0 radical (unpaired) electrons. The van der Waals surface area contributed by atoms with Crippen molar-refractivity contribution in [2.24, 2.45) is 0 Å². The second-order valence-electron chi connectivity index (χ2n) is 6.81. The Balaban J connectivity index is 1.39. The molecule has 5 nitrogen and oxygen atoms in total. The molecule has 1 aromatic carbocycles. The van der Waals surface area contributed by atoms with Crippen LogP contribution >= 0.6 is 11.3 Å². The molecule has 0 saturated carbocycles. The third-order valence-corrected chi connectivity index (χ3v) is 6.39. The molecule has 1 atom stereocenters. The van der Waals surface area contributed by atoms with Crippen LogP contribution in [0.5, 0.6) is 0 Å². The minimum atomic E-state index is 0.374. The van der Waals surface area contributed by atoms with E-state index >= 15 is 0 Å². The minimum Gasteiger partial charge on any atom is -0.361 e. The van der Waals surface area contributed by atoms with Gasteiger partial charge in [-0.05, 0) is 32.9 Å². The molecule has 132 valence electrons. The molecule has 1 fully saturated rings. The monoisotopic (exact) mass is 356 g/mol. The number of hydrogen-bond donors (Lipinski definition) is 0. The van der Waals surface area contributed by atoms with Gasteiger partial charge in [0, 0.05) is 38.3 Å². The van der Waals surface area contributed by atoms with E-state index in [1.54, 1.807) is 0 Å². The van der Waals surface area contributed by atoms with Gasteiger partial charge >= 0.3 is 0 Å². The Morgan fingerprint density at radius 2 is 1.92 bits per heavy atom. The highest BCUT2D eigenvalue weighted by atomic mass is 32.1. The number of nitrogens with zero attached hydrogens (tertiary/aromatic N) is 4. The average molecular weight is 356 g/mol. The number of benzene rings is 1. The van der Waals surface area contributed by atoms with Gasteiger partial charge in [-0.1, -0.05) is 17.3 Å². The van der Waals surface area contributed by atoms with E-state index in [1.807, 2.05) is 25.2 Å². The molecular formula is C19H24N4OS. The standard InChI is InChI=1S/C19H24N4OS/c1-13-16(15(3)24-21-13)12-22-8-10-23(11-9-22)14(2)19-20-17-6-4-5-7-18(17)25-19/h4-7,14H,8-12H2,1-3H3/t14-/m1/s1. The van der Waals surface area contributed by atoms with Crippen LogP contribution in [-0.2, 0) is 6.54 Å².